The van der Waals surface area contributed by atoms with Crippen molar-refractivity contribution >= 4 is 11.6 Å². The molecule has 0 aromatic heterocycles. The minimum absolute atomic E-state index is 0.0226. The van der Waals surface area contributed by atoms with Gasteiger partial charge in [0.05, 0.1) is 12.6 Å². The van der Waals surface area contributed by atoms with Gasteiger partial charge < -0.3 is 20.1 Å². The molecule has 1 atom stereocenters. The molecule has 30 heavy (non-hydrogen) atoms. The van der Waals surface area contributed by atoms with Crippen molar-refractivity contribution in [1.29, 1.82) is 0 Å². The van der Waals surface area contributed by atoms with Crippen LogP contribution in [0.3, 0.4) is 0 Å². The number of carbonyl (C=O) groups excluding carboxylic acids is 1. The lowest BCUT2D eigenvalue weighted by Gasteiger charge is -2.18. The number of para-hydroxylation sites is 1. The summed E-state index contributed by atoms with van der Waals surface area (Å²) >= 11 is 0. The number of ether oxygens (including phenoxy) is 2. The molecular weight excluding hydrogens is 376 g/mol. The quantitative estimate of drug-likeness (QED) is 0.450. The molecule has 5 nitrogen and oxygen atoms in total. The van der Waals surface area contributed by atoms with Crippen LogP contribution >= 0.6 is 0 Å². The molecular formula is C25H28N2O3. The first-order valence-corrected chi connectivity index (χ1v) is 10.2. The molecule has 0 radical (unpaired) electrons. The van der Waals surface area contributed by atoms with E-state index < -0.39 is 0 Å². The second kappa shape index (κ2) is 11.5. The van der Waals surface area contributed by atoms with Crippen LogP contribution in [0.25, 0.3) is 0 Å². The van der Waals surface area contributed by atoms with Crippen LogP contribution in [0.4, 0.5) is 5.69 Å². The number of amides is 1. The molecule has 5 heteroatoms. The van der Waals surface area contributed by atoms with Gasteiger partial charge in [-0.15, -0.1) is 0 Å². The number of benzene rings is 3. The molecule has 0 aliphatic heterocycles. The van der Waals surface area contributed by atoms with Gasteiger partial charge in [0.2, 0.25) is 5.91 Å². The number of hydrogen-bond donors (Lipinski definition) is 2. The van der Waals surface area contributed by atoms with E-state index in [4.69, 9.17) is 9.47 Å². The lowest BCUT2D eigenvalue weighted by molar-refractivity contribution is -0.120. The first-order chi connectivity index (χ1) is 14.7. The molecule has 0 aliphatic carbocycles. The highest BCUT2D eigenvalue weighted by atomic mass is 16.5. The van der Waals surface area contributed by atoms with Crippen LogP contribution in [0.5, 0.6) is 11.5 Å². The maximum Gasteiger partial charge on any atom is 0.239 e. The molecule has 0 bridgehead atoms. The Bertz CT molecular complexity index is 883. The molecule has 0 fully saturated rings. The van der Waals surface area contributed by atoms with Gasteiger partial charge in [-0.3, -0.25) is 4.79 Å². The molecule has 3 rings (SSSR count). The summed E-state index contributed by atoms with van der Waals surface area (Å²) in [6.45, 7) is 3.22. The number of rotatable bonds is 11. The van der Waals surface area contributed by atoms with E-state index in [-0.39, 0.29) is 18.5 Å². The van der Waals surface area contributed by atoms with Crippen LogP contribution in [-0.2, 0) is 4.79 Å². The predicted molar refractivity (Wildman–Crippen MR) is 120 cm³/mol. The van der Waals surface area contributed by atoms with E-state index in [9.17, 15) is 4.79 Å². The Morgan fingerprint density at radius 1 is 0.800 bits per heavy atom. The topological polar surface area (TPSA) is 59.6 Å². The monoisotopic (exact) mass is 404 g/mol. The van der Waals surface area contributed by atoms with Crippen LogP contribution in [0.1, 0.15) is 24.9 Å². The standard InChI is InChI=1S/C25H28N2O3/c1-2-24(20-9-5-3-6-10-20)27-25(28)19-26-21-13-15-23(16-14-21)30-18-17-29-22-11-7-4-8-12-22/h3-16,24,26H,2,17-19H2,1H3,(H,27,28). The SMILES string of the molecule is CCC(NC(=O)CNc1ccc(OCCOc2ccccc2)cc1)c1ccccc1. The van der Waals surface area contributed by atoms with Gasteiger partial charge in [-0.25, -0.2) is 0 Å². The van der Waals surface area contributed by atoms with E-state index in [0.29, 0.717) is 13.2 Å². The summed E-state index contributed by atoms with van der Waals surface area (Å²) in [5, 5.41) is 6.22. The van der Waals surface area contributed by atoms with Gasteiger partial charge in [0.15, 0.2) is 0 Å². The van der Waals surface area contributed by atoms with E-state index in [1.807, 2.05) is 84.9 Å². The number of carbonyl (C=O) groups is 1. The average molecular weight is 405 g/mol. The summed E-state index contributed by atoms with van der Waals surface area (Å²) in [5.41, 5.74) is 1.98. The zero-order valence-corrected chi connectivity index (χ0v) is 17.2. The zero-order valence-electron chi connectivity index (χ0n) is 17.2. The fraction of sp³-hybridized carbons (Fsp3) is 0.240. The van der Waals surface area contributed by atoms with Crippen molar-refractivity contribution in [2.75, 3.05) is 25.1 Å². The molecule has 1 unspecified atom stereocenters. The largest absolute Gasteiger partial charge is 0.490 e. The van der Waals surface area contributed by atoms with E-state index in [0.717, 1.165) is 29.2 Å². The smallest absolute Gasteiger partial charge is 0.239 e. The molecule has 3 aromatic rings. The van der Waals surface area contributed by atoms with Crippen molar-refractivity contribution in [3.8, 4) is 11.5 Å². The van der Waals surface area contributed by atoms with E-state index in [1.54, 1.807) is 0 Å². The minimum Gasteiger partial charge on any atom is -0.490 e. The summed E-state index contributed by atoms with van der Waals surface area (Å²) in [6, 6.07) is 27.2. The van der Waals surface area contributed by atoms with Gasteiger partial charge in [-0.2, -0.15) is 0 Å². The fourth-order valence-corrected chi connectivity index (χ4v) is 3.04. The van der Waals surface area contributed by atoms with E-state index in [1.165, 1.54) is 0 Å². The Labute approximate surface area is 178 Å². The second-order valence-corrected chi connectivity index (χ2v) is 6.83. The summed E-state index contributed by atoms with van der Waals surface area (Å²) in [7, 11) is 0. The summed E-state index contributed by atoms with van der Waals surface area (Å²) in [6.07, 6.45) is 0.843. The van der Waals surface area contributed by atoms with Crippen LogP contribution in [0.2, 0.25) is 0 Å². The van der Waals surface area contributed by atoms with Gasteiger partial charge >= 0.3 is 0 Å². The van der Waals surface area contributed by atoms with Gasteiger partial charge in [0.25, 0.3) is 0 Å². The minimum atomic E-state index is -0.0379. The zero-order chi connectivity index (χ0) is 21.0. The molecule has 0 saturated heterocycles. The van der Waals surface area contributed by atoms with Crippen LogP contribution in [0, 0.1) is 0 Å². The molecule has 156 valence electrons. The first-order valence-electron chi connectivity index (χ1n) is 10.2. The highest BCUT2D eigenvalue weighted by Crippen LogP contribution is 2.17. The van der Waals surface area contributed by atoms with Gasteiger partial charge in [0.1, 0.15) is 24.7 Å². The summed E-state index contributed by atoms with van der Waals surface area (Å²) < 4.78 is 11.3. The summed E-state index contributed by atoms with van der Waals surface area (Å²) in [5.74, 6) is 1.55. The van der Waals surface area contributed by atoms with Crippen molar-refractivity contribution in [1.82, 2.24) is 5.32 Å². The van der Waals surface area contributed by atoms with Crippen molar-refractivity contribution in [2.45, 2.75) is 19.4 Å². The van der Waals surface area contributed by atoms with Crippen molar-refractivity contribution in [3.05, 3.63) is 90.5 Å². The Kier molecular flexibility index (Phi) is 8.15. The van der Waals surface area contributed by atoms with Gasteiger partial charge in [-0.1, -0.05) is 55.5 Å². The third kappa shape index (κ3) is 6.85. The molecule has 0 aliphatic rings. The average Bonchev–Trinajstić information content (AvgIpc) is 2.81. The first kappa shape index (κ1) is 21.2. The maximum absolute atomic E-state index is 12.3. The molecule has 0 heterocycles. The second-order valence-electron chi connectivity index (χ2n) is 6.83. The third-order valence-corrected chi connectivity index (χ3v) is 4.62. The highest BCUT2D eigenvalue weighted by Gasteiger charge is 2.12. The van der Waals surface area contributed by atoms with Crippen molar-refractivity contribution in [3.63, 3.8) is 0 Å². The normalized spacial score (nSPS) is 11.4. The van der Waals surface area contributed by atoms with Gasteiger partial charge in [0, 0.05) is 5.69 Å². The van der Waals surface area contributed by atoms with Crippen LogP contribution in [-0.4, -0.2) is 25.7 Å². The Hall–Kier alpha value is -3.47. The number of anilines is 1. The molecule has 0 spiro atoms. The molecule has 1 amide bonds. The molecule has 0 saturated carbocycles. The van der Waals surface area contributed by atoms with Gasteiger partial charge in [-0.05, 0) is 48.4 Å². The van der Waals surface area contributed by atoms with Crippen LogP contribution < -0.4 is 20.1 Å². The Morgan fingerprint density at radius 2 is 1.37 bits per heavy atom. The maximum atomic E-state index is 12.3. The van der Waals surface area contributed by atoms with Crippen molar-refractivity contribution < 1.29 is 14.3 Å². The third-order valence-electron chi connectivity index (χ3n) is 4.62. The van der Waals surface area contributed by atoms with E-state index in [2.05, 4.69) is 17.6 Å². The van der Waals surface area contributed by atoms with Crippen LogP contribution in [0.15, 0.2) is 84.9 Å². The molecule has 3 aromatic carbocycles. The highest BCUT2D eigenvalue weighted by molar-refractivity contribution is 5.81. The lowest BCUT2D eigenvalue weighted by atomic mass is 10.0. The van der Waals surface area contributed by atoms with E-state index >= 15 is 0 Å². The number of hydrogen-bond acceptors (Lipinski definition) is 4. The Balaban J connectivity index is 1.38. The van der Waals surface area contributed by atoms with Crippen molar-refractivity contribution in [2.24, 2.45) is 0 Å². The number of nitrogens with one attached hydrogen (secondary N) is 2. The lowest BCUT2D eigenvalue weighted by Crippen LogP contribution is -2.33. The Morgan fingerprint density at radius 3 is 1.97 bits per heavy atom. The summed E-state index contributed by atoms with van der Waals surface area (Å²) in [4.78, 5) is 12.3. The predicted octanol–water partition coefficient (Wildman–Crippen LogP) is 4.82. The fourth-order valence-electron chi connectivity index (χ4n) is 3.04. The molecule has 2 N–H and O–H groups in total.